The van der Waals surface area contributed by atoms with Gasteiger partial charge < -0.3 is 15.3 Å². The Morgan fingerprint density at radius 2 is 2.00 bits per heavy atom. The number of carboxylic acids is 1. The van der Waals surface area contributed by atoms with Gasteiger partial charge in [0.25, 0.3) is 0 Å². The maximum absolute atomic E-state index is 11.4. The van der Waals surface area contributed by atoms with Crippen LogP contribution in [0.3, 0.4) is 0 Å². The van der Waals surface area contributed by atoms with Crippen LogP contribution in [0.1, 0.15) is 6.42 Å². The van der Waals surface area contributed by atoms with Crippen LogP contribution in [0.4, 0.5) is 4.39 Å². The summed E-state index contributed by atoms with van der Waals surface area (Å²) in [6.45, 7) is -1.47. The van der Waals surface area contributed by atoms with E-state index in [0.29, 0.717) is 0 Å². The summed E-state index contributed by atoms with van der Waals surface area (Å²) in [4.78, 5) is 9.69. The molecule has 0 fully saturated rings. The van der Waals surface area contributed by atoms with Gasteiger partial charge in [0, 0.05) is 0 Å². The average Bonchev–Trinajstić information content (AvgIpc) is 1.63. The molecule has 0 amide bonds. The summed E-state index contributed by atoms with van der Waals surface area (Å²) in [5, 5.41) is 24.5. The van der Waals surface area contributed by atoms with Crippen LogP contribution in [0, 0.1) is 0 Å². The third kappa shape index (κ3) is 3.87. The van der Waals surface area contributed by atoms with Gasteiger partial charge in [0.05, 0.1) is 0 Å². The van der Waals surface area contributed by atoms with Gasteiger partial charge in [0.2, 0.25) is 5.79 Å². The molecule has 0 aliphatic rings. The zero-order chi connectivity index (χ0) is 7.49. The highest BCUT2D eigenvalue weighted by Gasteiger charge is 2.26. The van der Waals surface area contributed by atoms with Crippen molar-refractivity contribution in [2.45, 2.75) is 12.2 Å². The maximum Gasteiger partial charge on any atom is 0.308 e. The number of aliphatic carboxylic acids is 1. The van der Waals surface area contributed by atoms with Crippen LogP contribution in [-0.2, 0) is 4.79 Å². The molecular weight excluding hydrogens is 131 g/mol. The summed E-state index contributed by atoms with van der Waals surface area (Å²) in [5.74, 6) is -4.15. The number of carbonyl (C=O) groups is 1. The molecule has 54 valence electrons. The number of rotatable bonds is 3. The number of hydrogen-bond donors (Lipinski definition) is 3. The standard InChI is InChI=1S/C4H7FO4/c5-2-4(8,9)1-3(6)7/h8-9H,1-2H2,(H,6,7). The number of alkyl halides is 1. The summed E-state index contributed by atoms with van der Waals surface area (Å²) in [7, 11) is 0. The highest BCUT2D eigenvalue weighted by Crippen LogP contribution is 2.04. The van der Waals surface area contributed by atoms with E-state index in [1.807, 2.05) is 0 Å². The molecule has 0 bridgehead atoms. The Bertz CT molecular complexity index is 111. The minimum Gasteiger partial charge on any atom is -0.481 e. The first kappa shape index (κ1) is 8.32. The predicted molar refractivity (Wildman–Crippen MR) is 25.4 cm³/mol. The van der Waals surface area contributed by atoms with Crippen LogP contribution in [0.5, 0.6) is 0 Å². The van der Waals surface area contributed by atoms with Gasteiger partial charge in [0.15, 0.2) is 0 Å². The lowest BCUT2D eigenvalue weighted by molar-refractivity contribution is -0.188. The summed E-state index contributed by atoms with van der Waals surface area (Å²) < 4.78 is 11.4. The first-order valence-electron chi connectivity index (χ1n) is 2.20. The van der Waals surface area contributed by atoms with Crippen LogP contribution in [-0.4, -0.2) is 33.8 Å². The van der Waals surface area contributed by atoms with Crippen molar-refractivity contribution in [2.75, 3.05) is 6.67 Å². The van der Waals surface area contributed by atoms with Crippen LogP contribution in [0.15, 0.2) is 0 Å². The molecule has 0 aromatic rings. The molecule has 0 unspecified atom stereocenters. The molecule has 4 nitrogen and oxygen atoms in total. The fraction of sp³-hybridized carbons (Fsp3) is 0.750. The van der Waals surface area contributed by atoms with Crippen molar-refractivity contribution in [2.24, 2.45) is 0 Å². The van der Waals surface area contributed by atoms with Crippen molar-refractivity contribution in [1.82, 2.24) is 0 Å². The molecule has 0 heterocycles. The van der Waals surface area contributed by atoms with Crippen molar-refractivity contribution >= 4 is 5.97 Å². The van der Waals surface area contributed by atoms with Crippen LogP contribution in [0.2, 0.25) is 0 Å². The molecule has 0 spiro atoms. The molecule has 0 rings (SSSR count). The number of carboxylic acid groups (broad SMARTS) is 1. The average molecular weight is 138 g/mol. The zero-order valence-electron chi connectivity index (χ0n) is 4.54. The SMILES string of the molecule is O=C(O)CC(O)(O)CF. The fourth-order valence-electron chi connectivity index (χ4n) is 0.289. The van der Waals surface area contributed by atoms with Crippen molar-refractivity contribution in [1.29, 1.82) is 0 Å². The highest BCUT2D eigenvalue weighted by molar-refractivity contribution is 5.67. The molecular formula is C4H7FO4. The lowest BCUT2D eigenvalue weighted by Crippen LogP contribution is -2.33. The molecule has 0 aliphatic carbocycles. The maximum atomic E-state index is 11.4. The number of halogens is 1. The number of aliphatic hydroxyl groups is 2. The van der Waals surface area contributed by atoms with Crippen molar-refractivity contribution in [3.05, 3.63) is 0 Å². The van der Waals surface area contributed by atoms with E-state index in [2.05, 4.69) is 0 Å². The van der Waals surface area contributed by atoms with Crippen LogP contribution >= 0.6 is 0 Å². The van der Waals surface area contributed by atoms with E-state index in [0.717, 1.165) is 0 Å². The molecule has 0 radical (unpaired) electrons. The van der Waals surface area contributed by atoms with Gasteiger partial charge in [-0.05, 0) is 0 Å². The summed E-state index contributed by atoms with van der Waals surface area (Å²) in [5.41, 5.74) is 0. The molecule has 9 heavy (non-hydrogen) atoms. The molecule has 3 N–H and O–H groups in total. The Morgan fingerprint density at radius 3 is 2.11 bits per heavy atom. The summed E-state index contributed by atoms with van der Waals surface area (Å²) in [6.07, 6.45) is -0.997. The Morgan fingerprint density at radius 1 is 1.56 bits per heavy atom. The Balaban J connectivity index is 3.71. The van der Waals surface area contributed by atoms with Gasteiger partial charge in [-0.25, -0.2) is 4.39 Å². The highest BCUT2D eigenvalue weighted by atomic mass is 19.1. The second-order valence-electron chi connectivity index (χ2n) is 1.69. The third-order valence-electron chi connectivity index (χ3n) is 0.648. The van der Waals surface area contributed by atoms with E-state index in [9.17, 15) is 9.18 Å². The quantitative estimate of drug-likeness (QED) is 0.442. The molecule has 0 saturated carbocycles. The van der Waals surface area contributed by atoms with Crippen molar-refractivity contribution in [3.63, 3.8) is 0 Å². The van der Waals surface area contributed by atoms with Gasteiger partial charge >= 0.3 is 5.97 Å². The van der Waals surface area contributed by atoms with Gasteiger partial charge in [-0.2, -0.15) is 0 Å². The summed E-state index contributed by atoms with van der Waals surface area (Å²) in [6, 6.07) is 0. The predicted octanol–water partition coefficient (Wildman–Crippen LogP) is -0.889. The van der Waals surface area contributed by atoms with E-state index in [-0.39, 0.29) is 0 Å². The summed E-state index contributed by atoms with van der Waals surface area (Å²) >= 11 is 0. The molecule has 5 heteroatoms. The normalized spacial score (nSPS) is 11.4. The van der Waals surface area contributed by atoms with Crippen LogP contribution in [0.25, 0.3) is 0 Å². The largest absolute Gasteiger partial charge is 0.481 e. The van der Waals surface area contributed by atoms with Gasteiger partial charge in [-0.3, -0.25) is 4.79 Å². The third-order valence-corrected chi connectivity index (χ3v) is 0.648. The van der Waals surface area contributed by atoms with E-state index < -0.39 is 24.9 Å². The first-order valence-corrected chi connectivity index (χ1v) is 2.20. The van der Waals surface area contributed by atoms with Gasteiger partial charge in [-0.1, -0.05) is 0 Å². The molecule has 0 aromatic carbocycles. The smallest absolute Gasteiger partial charge is 0.308 e. The van der Waals surface area contributed by atoms with Crippen LogP contribution < -0.4 is 0 Å². The first-order chi connectivity index (χ1) is 3.98. The van der Waals surface area contributed by atoms with E-state index >= 15 is 0 Å². The Labute approximate surface area is 50.5 Å². The van der Waals surface area contributed by atoms with E-state index in [4.69, 9.17) is 15.3 Å². The van der Waals surface area contributed by atoms with E-state index in [1.165, 1.54) is 0 Å². The second kappa shape index (κ2) is 2.75. The van der Waals surface area contributed by atoms with Gasteiger partial charge in [0.1, 0.15) is 13.1 Å². The van der Waals surface area contributed by atoms with Crippen molar-refractivity contribution in [3.8, 4) is 0 Å². The van der Waals surface area contributed by atoms with Crippen molar-refractivity contribution < 1.29 is 24.5 Å². The van der Waals surface area contributed by atoms with Gasteiger partial charge in [-0.15, -0.1) is 0 Å². The Kier molecular flexibility index (Phi) is 2.54. The molecule has 0 aliphatic heterocycles. The zero-order valence-corrected chi connectivity index (χ0v) is 4.54. The molecule has 0 saturated heterocycles. The fourth-order valence-corrected chi connectivity index (χ4v) is 0.289. The lowest BCUT2D eigenvalue weighted by Gasteiger charge is -2.13. The lowest BCUT2D eigenvalue weighted by atomic mass is 10.2. The second-order valence-corrected chi connectivity index (χ2v) is 1.69. The molecule has 0 aromatic heterocycles. The molecule has 0 atom stereocenters. The van der Waals surface area contributed by atoms with E-state index in [1.54, 1.807) is 0 Å². The number of hydrogen-bond acceptors (Lipinski definition) is 3. The topological polar surface area (TPSA) is 77.8 Å². The minimum absolute atomic E-state index is 0.997. The Hall–Kier alpha value is -0.680. The minimum atomic E-state index is -2.70. The monoisotopic (exact) mass is 138 g/mol.